The van der Waals surface area contributed by atoms with Gasteiger partial charge in [0, 0.05) is 17.8 Å². The van der Waals surface area contributed by atoms with Crippen molar-refractivity contribution in [2.45, 2.75) is 20.3 Å². The Balaban J connectivity index is 2.13. The summed E-state index contributed by atoms with van der Waals surface area (Å²) in [7, 11) is 0. The molecule has 3 N–H and O–H groups in total. The number of anilines is 1. The van der Waals surface area contributed by atoms with E-state index in [0.717, 1.165) is 30.6 Å². The van der Waals surface area contributed by atoms with Crippen molar-refractivity contribution in [2.24, 2.45) is 5.92 Å². The second-order valence-corrected chi connectivity index (χ2v) is 4.58. The molecular formula is C13H18N2O2. The maximum Gasteiger partial charge on any atom is 0.228 e. The highest BCUT2D eigenvalue weighted by Crippen LogP contribution is 2.28. The Morgan fingerprint density at radius 1 is 1.47 bits per heavy atom. The molecule has 0 aromatic heterocycles. The molecule has 17 heavy (non-hydrogen) atoms. The quantitative estimate of drug-likeness (QED) is 0.727. The standard InChI is InChI=1S/C13H18N2O2/c1-8-3-4-11(9(2)12(8)16)15-13(17)10-5-6-14-7-10/h3-4,10,14,16H,5-7H2,1-2H3,(H,15,17). The van der Waals surface area contributed by atoms with Gasteiger partial charge in [0.15, 0.2) is 0 Å². The van der Waals surface area contributed by atoms with Gasteiger partial charge >= 0.3 is 0 Å². The Bertz CT molecular complexity index is 437. The molecule has 1 fully saturated rings. The molecule has 1 amide bonds. The Kier molecular flexibility index (Phi) is 3.33. The molecule has 1 aliphatic rings. The molecule has 1 heterocycles. The zero-order valence-corrected chi connectivity index (χ0v) is 10.2. The van der Waals surface area contributed by atoms with Gasteiger partial charge < -0.3 is 15.7 Å². The van der Waals surface area contributed by atoms with Crippen molar-refractivity contribution < 1.29 is 9.90 Å². The van der Waals surface area contributed by atoms with E-state index in [2.05, 4.69) is 10.6 Å². The highest BCUT2D eigenvalue weighted by Gasteiger charge is 2.23. The van der Waals surface area contributed by atoms with Crippen LogP contribution in [-0.4, -0.2) is 24.1 Å². The second kappa shape index (κ2) is 4.75. The summed E-state index contributed by atoms with van der Waals surface area (Å²) in [5.74, 6) is 0.326. The minimum absolute atomic E-state index is 0.0290. The largest absolute Gasteiger partial charge is 0.507 e. The second-order valence-electron chi connectivity index (χ2n) is 4.58. The number of hydrogen-bond acceptors (Lipinski definition) is 3. The van der Waals surface area contributed by atoms with Crippen LogP contribution in [0.25, 0.3) is 0 Å². The van der Waals surface area contributed by atoms with Gasteiger partial charge in [-0.15, -0.1) is 0 Å². The van der Waals surface area contributed by atoms with Gasteiger partial charge in [-0.1, -0.05) is 6.07 Å². The molecule has 0 radical (unpaired) electrons. The molecule has 0 spiro atoms. The minimum atomic E-state index is 0.0290. The maximum atomic E-state index is 11.9. The zero-order valence-electron chi connectivity index (χ0n) is 10.2. The lowest BCUT2D eigenvalue weighted by atomic mass is 10.1. The molecule has 1 aliphatic heterocycles. The Labute approximate surface area is 101 Å². The van der Waals surface area contributed by atoms with Crippen molar-refractivity contribution in [1.82, 2.24) is 5.32 Å². The van der Waals surface area contributed by atoms with Crippen LogP contribution in [0.5, 0.6) is 5.75 Å². The molecule has 92 valence electrons. The topological polar surface area (TPSA) is 61.4 Å². The molecule has 4 heteroatoms. The van der Waals surface area contributed by atoms with Gasteiger partial charge in [0.05, 0.1) is 5.92 Å². The third-order valence-electron chi connectivity index (χ3n) is 3.32. The van der Waals surface area contributed by atoms with Crippen LogP contribution >= 0.6 is 0 Å². The van der Waals surface area contributed by atoms with E-state index in [-0.39, 0.29) is 17.6 Å². The van der Waals surface area contributed by atoms with Crippen molar-refractivity contribution in [3.8, 4) is 5.75 Å². The van der Waals surface area contributed by atoms with Crippen molar-refractivity contribution in [3.05, 3.63) is 23.3 Å². The monoisotopic (exact) mass is 234 g/mol. The van der Waals surface area contributed by atoms with Gasteiger partial charge in [-0.2, -0.15) is 0 Å². The van der Waals surface area contributed by atoms with Gasteiger partial charge in [-0.3, -0.25) is 4.79 Å². The number of amides is 1. The van der Waals surface area contributed by atoms with Gasteiger partial charge in [0.2, 0.25) is 5.91 Å². The number of benzene rings is 1. The molecular weight excluding hydrogens is 216 g/mol. The highest BCUT2D eigenvalue weighted by molar-refractivity contribution is 5.94. The predicted octanol–water partition coefficient (Wildman–Crippen LogP) is 1.56. The lowest BCUT2D eigenvalue weighted by Gasteiger charge is -2.13. The fraction of sp³-hybridized carbons (Fsp3) is 0.462. The normalized spacial score (nSPS) is 19.3. The summed E-state index contributed by atoms with van der Waals surface area (Å²) in [4.78, 5) is 11.9. The van der Waals surface area contributed by atoms with E-state index in [1.54, 1.807) is 0 Å². The third kappa shape index (κ3) is 2.42. The highest BCUT2D eigenvalue weighted by atomic mass is 16.3. The van der Waals surface area contributed by atoms with Gasteiger partial charge in [0.25, 0.3) is 0 Å². The van der Waals surface area contributed by atoms with Crippen LogP contribution in [0.3, 0.4) is 0 Å². The van der Waals surface area contributed by atoms with Gasteiger partial charge in [-0.05, 0) is 38.4 Å². The summed E-state index contributed by atoms with van der Waals surface area (Å²) in [6.07, 6.45) is 0.878. The Hall–Kier alpha value is -1.55. The van der Waals surface area contributed by atoms with Crippen LogP contribution in [0.4, 0.5) is 5.69 Å². The molecule has 1 unspecified atom stereocenters. The van der Waals surface area contributed by atoms with Gasteiger partial charge in [-0.25, -0.2) is 0 Å². The number of aryl methyl sites for hydroxylation is 1. The van der Waals surface area contributed by atoms with E-state index in [1.807, 2.05) is 26.0 Å². The molecule has 0 bridgehead atoms. The number of hydrogen-bond donors (Lipinski definition) is 3. The number of carbonyl (C=O) groups excluding carboxylic acids is 1. The number of aromatic hydroxyl groups is 1. The summed E-state index contributed by atoms with van der Waals surface area (Å²) in [6, 6.07) is 3.65. The van der Waals surface area contributed by atoms with Crippen LogP contribution in [0.1, 0.15) is 17.5 Å². The number of nitrogens with one attached hydrogen (secondary N) is 2. The minimum Gasteiger partial charge on any atom is -0.507 e. The molecule has 1 atom stereocenters. The number of carbonyl (C=O) groups is 1. The molecule has 0 saturated carbocycles. The number of phenols is 1. The van der Waals surface area contributed by atoms with Crippen LogP contribution in [0, 0.1) is 19.8 Å². The van der Waals surface area contributed by atoms with Crippen LogP contribution in [0.15, 0.2) is 12.1 Å². The first-order chi connectivity index (χ1) is 8.09. The molecule has 1 aromatic rings. The smallest absolute Gasteiger partial charge is 0.228 e. The SMILES string of the molecule is Cc1ccc(NC(=O)C2CCNC2)c(C)c1O. The first-order valence-electron chi connectivity index (χ1n) is 5.90. The van der Waals surface area contributed by atoms with E-state index in [9.17, 15) is 9.90 Å². The van der Waals surface area contributed by atoms with E-state index in [0.29, 0.717) is 5.69 Å². The molecule has 1 aromatic carbocycles. The van der Waals surface area contributed by atoms with Crippen LogP contribution in [-0.2, 0) is 4.79 Å². The molecule has 0 aliphatic carbocycles. The number of rotatable bonds is 2. The average molecular weight is 234 g/mol. The summed E-state index contributed by atoms with van der Waals surface area (Å²) in [5.41, 5.74) is 2.25. The summed E-state index contributed by atoms with van der Waals surface area (Å²) < 4.78 is 0. The van der Waals surface area contributed by atoms with Gasteiger partial charge in [0.1, 0.15) is 5.75 Å². The van der Waals surface area contributed by atoms with E-state index < -0.39 is 0 Å². The first kappa shape index (κ1) is 11.9. The number of phenolic OH excluding ortho intramolecular Hbond substituents is 1. The van der Waals surface area contributed by atoms with Crippen molar-refractivity contribution in [3.63, 3.8) is 0 Å². The van der Waals surface area contributed by atoms with Crippen molar-refractivity contribution >= 4 is 11.6 Å². The van der Waals surface area contributed by atoms with Crippen LogP contribution in [0.2, 0.25) is 0 Å². The Morgan fingerprint density at radius 3 is 2.88 bits per heavy atom. The predicted molar refractivity (Wildman–Crippen MR) is 67.2 cm³/mol. The molecule has 4 nitrogen and oxygen atoms in total. The van der Waals surface area contributed by atoms with E-state index >= 15 is 0 Å². The van der Waals surface area contributed by atoms with Crippen LogP contribution < -0.4 is 10.6 Å². The van der Waals surface area contributed by atoms with Crippen molar-refractivity contribution in [1.29, 1.82) is 0 Å². The summed E-state index contributed by atoms with van der Waals surface area (Å²) >= 11 is 0. The Morgan fingerprint density at radius 2 is 2.24 bits per heavy atom. The summed E-state index contributed by atoms with van der Waals surface area (Å²) in [5, 5.41) is 15.8. The van der Waals surface area contributed by atoms with E-state index in [4.69, 9.17) is 0 Å². The first-order valence-corrected chi connectivity index (χ1v) is 5.90. The van der Waals surface area contributed by atoms with Crippen molar-refractivity contribution in [2.75, 3.05) is 18.4 Å². The lowest BCUT2D eigenvalue weighted by molar-refractivity contribution is -0.119. The molecule has 1 saturated heterocycles. The average Bonchev–Trinajstić information content (AvgIpc) is 2.83. The third-order valence-corrected chi connectivity index (χ3v) is 3.32. The van der Waals surface area contributed by atoms with E-state index in [1.165, 1.54) is 0 Å². The maximum absolute atomic E-state index is 11.9. The summed E-state index contributed by atoms with van der Waals surface area (Å²) in [6.45, 7) is 5.29. The fourth-order valence-electron chi connectivity index (χ4n) is 2.08. The lowest BCUT2D eigenvalue weighted by Crippen LogP contribution is -2.24. The zero-order chi connectivity index (χ0) is 12.4. The fourth-order valence-corrected chi connectivity index (χ4v) is 2.08. The molecule has 2 rings (SSSR count).